The highest BCUT2D eigenvalue weighted by molar-refractivity contribution is 5.24. The Hall–Kier alpha value is -1.61. The summed E-state index contributed by atoms with van der Waals surface area (Å²) in [4.78, 5) is 0. The first-order valence-electron chi connectivity index (χ1n) is 6.49. The van der Waals surface area contributed by atoms with Crippen molar-refractivity contribution in [1.82, 2.24) is 15.1 Å². The van der Waals surface area contributed by atoms with Crippen LogP contribution in [0.1, 0.15) is 36.7 Å². The molecule has 0 saturated heterocycles. The van der Waals surface area contributed by atoms with Crippen molar-refractivity contribution in [2.24, 2.45) is 7.05 Å². The Morgan fingerprint density at radius 3 is 2.50 bits per heavy atom. The molecule has 0 radical (unpaired) electrons. The molecule has 96 valence electrons. The van der Waals surface area contributed by atoms with Gasteiger partial charge in [0.25, 0.3) is 0 Å². The summed E-state index contributed by atoms with van der Waals surface area (Å²) in [6.07, 6.45) is 3.06. The lowest BCUT2D eigenvalue weighted by molar-refractivity contribution is 0.561. The normalized spacial score (nSPS) is 12.6. The average molecular weight is 243 g/mol. The number of hydrogen-bond donors (Lipinski definition) is 1. The van der Waals surface area contributed by atoms with Gasteiger partial charge in [-0.3, -0.25) is 4.68 Å². The maximum Gasteiger partial charge on any atom is 0.0762 e. The maximum absolute atomic E-state index is 4.36. The second-order valence-electron chi connectivity index (χ2n) is 4.68. The van der Waals surface area contributed by atoms with E-state index in [1.165, 1.54) is 11.1 Å². The van der Waals surface area contributed by atoms with E-state index < -0.39 is 0 Å². The quantitative estimate of drug-likeness (QED) is 0.875. The van der Waals surface area contributed by atoms with Crippen LogP contribution in [0, 0.1) is 0 Å². The Balaban J connectivity index is 1.92. The van der Waals surface area contributed by atoms with Crippen molar-refractivity contribution in [3.8, 4) is 0 Å². The third-order valence-corrected chi connectivity index (χ3v) is 3.25. The van der Waals surface area contributed by atoms with E-state index in [0.29, 0.717) is 6.04 Å². The van der Waals surface area contributed by atoms with Gasteiger partial charge in [-0.2, -0.15) is 5.10 Å². The molecule has 1 aromatic carbocycles. The Bertz CT molecular complexity index is 485. The lowest BCUT2D eigenvalue weighted by Crippen LogP contribution is -2.18. The second kappa shape index (κ2) is 5.83. The van der Waals surface area contributed by atoms with Crippen molar-refractivity contribution in [1.29, 1.82) is 0 Å². The molecule has 2 aromatic rings. The fourth-order valence-electron chi connectivity index (χ4n) is 1.97. The van der Waals surface area contributed by atoms with Crippen molar-refractivity contribution in [3.05, 3.63) is 53.3 Å². The molecule has 0 aliphatic rings. The van der Waals surface area contributed by atoms with Crippen molar-refractivity contribution < 1.29 is 0 Å². The number of nitrogens with zero attached hydrogens (tertiary/aromatic N) is 2. The lowest BCUT2D eigenvalue weighted by Gasteiger charge is -2.13. The second-order valence-corrected chi connectivity index (χ2v) is 4.68. The summed E-state index contributed by atoms with van der Waals surface area (Å²) in [6, 6.07) is 11.2. The molecular formula is C15H21N3. The van der Waals surface area contributed by atoms with Crippen LogP contribution in [-0.4, -0.2) is 9.78 Å². The fraction of sp³-hybridized carbons (Fsp3) is 0.400. The van der Waals surface area contributed by atoms with Gasteiger partial charge < -0.3 is 5.32 Å². The fourth-order valence-corrected chi connectivity index (χ4v) is 1.97. The van der Waals surface area contributed by atoms with Gasteiger partial charge in [0, 0.05) is 25.8 Å². The summed E-state index contributed by atoms with van der Waals surface area (Å²) in [7, 11) is 1.94. The topological polar surface area (TPSA) is 29.9 Å². The predicted octanol–water partition coefficient (Wildman–Crippen LogP) is 2.83. The van der Waals surface area contributed by atoms with Gasteiger partial charge in [-0.15, -0.1) is 0 Å². The summed E-state index contributed by atoms with van der Waals surface area (Å²) in [6.45, 7) is 5.17. The molecule has 0 spiro atoms. The standard InChI is InChI=1S/C15H21N3/c1-4-13-5-7-14(8-6-13)12(2)16-11-15-9-10-18(3)17-15/h5-10,12,16H,4,11H2,1-3H3. The average Bonchev–Trinajstić information content (AvgIpc) is 2.82. The third-order valence-electron chi connectivity index (χ3n) is 3.25. The zero-order valence-corrected chi connectivity index (χ0v) is 11.4. The molecule has 0 aliphatic heterocycles. The highest BCUT2D eigenvalue weighted by atomic mass is 15.3. The van der Waals surface area contributed by atoms with Gasteiger partial charge in [-0.1, -0.05) is 31.2 Å². The van der Waals surface area contributed by atoms with E-state index in [1.807, 2.05) is 24.0 Å². The van der Waals surface area contributed by atoms with Gasteiger partial charge in [-0.05, 0) is 30.5 Å². The number of nitrogens with one attached hydrogen (secondary N) is 1. The predicted molar refractivity (Wildman–Crippen MR) is 74.3 cm³/mol. The van der Waals surface area contributed by atoms with Gasteiger partial charge in [0.2, 0.25) is 0 Å². The highest BCUT2D eigenvalue weighted by Crippen LogP contribution is 2.14. The van der Waals surface area contributed by atoms with Crippen LogP contribution in [0.5, 0.6) is 0 Å². The van der Waals surface area contributed by atoms with Crippen molar-refractivity contribution >= 4 is 0 Å². The summed E-state index contributed by atoms with van der Waals surface area (Å²) >= 11 is 0. The molecule has 1 N–H and O–H groups in total. The smallest absolute Gasteiger partial charge is 0.0762 e. The number of benzene rings is 1. The Kier molecular flexibility index (Phi) is 4.15. The minimum Gasteiger partial charge on any atom is -0.304 e. The number of aromatic nitrogens is 2. The van der Waals surface area contributed by atoms with Gasteiger partial charge in [0.1, 0.15) is 0 Å². The van der Waals surface area contributed by atoms with Crippen LogP contribution in [0.25, 0.3) is 0 Å². The van der Waals surface area contributed by atoms with Crippen molar-refractivity contribution in [2.45, 2.75) is 32.9 Å². The van der Waals surface area contributed by atoms with E-state index in [4.69, 9.17) is 0 Å². The Morgan fingerprint density at radius 2 is 1.94 bits per heavy atom. The molecule has 1 unspecified atom stereocenters. The van der Waals surface area contributed by atoms with Crippen LogP contribution < -0.4 is 5.32 Å². The molecule has 0 aliphatic carbocycles. The first-order chi connectivity index (χ1) is 8.69. The molecule has 3 heteroatoms. The van der Waals surface area contributed by atoms with E-state index in [9.17, 15) is 0 Å². The van der Waals surface area contributed by atoms with E-state index in [2.05, 4.69) is 48.5 Å². The molecule has 1 heterocycles. The first kappa shape index (κ1) is 12.8. The minimum absolute atomic E-state index is 0.345. The van der Waals surface area contributed by atoms with Crippen LogP contribution in [-0.2, 0) is 20.0 Å². The SMILES string of the molecule is CCc1ccc(C(C)NCc2ccn(C)n2)cc1. The van der Waals surface area contributed by atoms with Gasteiger partial charge in [-0.25, -0.2) is 0 Å². The van der Waals surface area contributed by atoms with Crippen LogP contribution in [0.3, 0.4) is 0 Å². The summed E-state index contributed by atoms with van der Waals surface area (Å²) in [5, 5.41) is 7.85. The zero-order chi connectivity index (χ0) is 13.0. The van der Waals surface area contributed by atoms with Crippen LogP contribution in [0.4, 0.5) is 0 Å². The third kappa shape index (κ3) is 3.20. The number of rotatable bonds is 5. The molecule has 0 bridgehead atoms. The lowest BCUT2D eigenvalue weighted by atomic mass is 10.1. The van der Waals surface area contributed by atoms with E-state index in [0.717, 1.165) is 18.7 Å². The first-order valence-corrected chi connectivity index (χ1v) is 6.49. The summed E-state index contributed by atoms with van der Waals surface area (Å²) in [5.74, 6) is 0. The Labute approximate surface area is 109 Å². The molecule has 0 amide bonds. The molecule has 1 atom stereocenters. The van der Waals surface area contributed by atoms with E-state index in [1.54, 1.807) is 0 Å². The van der Waals surface area contributed by atoms with Crippen LogP contribution in [0.15, 0.2) is 36.5 Å². The summed E-state index contributed by atoms with van der Waals surface area (Å²) < 4.78 is 1.83. The molecule has 0 fully saturated rings. The number of hydrogen-bond acceptors (Lipinski definition) is 2. The monoisotopic (exact) mass is 243 g/mol. The largest absolute Gasteiger partial charge is 0.304 e. The van der Waals surface area contributed by atoms with Gasteiger partial charge in [0.15, 0.2) is 0 Å². The van der Waals surface area contributed by atoms with Crippen LogP contribution >= 0.6 is 0 Å². The van der Waals surface area contributed by atoms with Gasteiger partial charge >= 0.3 is 0 Å². The van der Waals surface area contributed by atoms with Crippen molar-refractivity contribution in [3.63, 3.8) is 0 Å². The van der Waals surface area contributed by atoms with E-state index >= 15 is 0 Å². The zero-order valence-electron chi connectivity index (χ0n) is 11.4. The van der Waals surface area contributed by atoms with Crippen LogP contribution in [0.2, 0.25) is 0 Å². The number of aryl methyl sites for hydroxylation is 2. The molecule has 3 nitrogen and oxygen atoms in total. The maximum atomic E-state index is 4.36. The molecule has 0 saturated carbocycles. The Morgan fingerprint density at radius 1 is 1.22 bits per heavy atom. The van der Waals surface area contributed by atoms with Crippen molar-refractivity contribution in [2.75, 3.05) is 0 Å². The van der Waals surface area contributed by atoms with E-state index in [-0.39, 0.29) is 0 Å². The molecule has 2 rings (SSSR count). The molecule has 1 aromatic heterocycles. The summed E-state index contributed by atoms with van der Waals surface area (Å²) in [5.41, 5.74) is 3.79. The minimum atomic E-state index is 0.345. The molecular weight excluding hydrogens is 222 g/mol. The highest BCUT2D eigenvalue weighted by Gasteiger charge is 2.05. The van der Waals surface area contributed by atoms with Gasteiger partial charge in [0.05, 0.1) is 5.69 Å². The molecule has 18 heavy (non-hydrogen) atoms.